The van der Waals surface area contributed by atoms with Crippen molar-refractivity contribution in [2.24, 2.45) is 7.05 Å². The average Bonchev–Trinajstić information content (AvgIpc) is 3.17. The summed E-state index contributed by atoms with van der Waals surface area (Å²) in [6.45, 7) is -0.414. The Labute approximate surface area is 329 Å². The number of nitrogens with zero attached hydrogens (tertiary/aromatic N) is 1. The van der Waals surface area contributed by atoms with E-state index in [2.05, 4.69) is 16.0 Å². The van der Waals surface area contributed by atoms with Gasteiger partial charge in [-0.05, 0) is 54.1 Å². The summed E-state index contributed by atoms with van der Waals surface area (Å²) in [6, 6.07) is 22.6. The molecule has 1 aliphatic rings. The van der Waals surface area contributed by atoms with Crippen LogP contribution in [0.15, 0.2) is 123 Å². The lowest BCUT2D eigenvalue weighted by Crippen LogP contribution is -2.29. The second-order valence-electron chi connectivity index (χ2n) is 12.9. The van der Waals surface area contributed by atoms with Crippen molar-refractivity contribution >= 4 is 81.5 Å². The Kier molecular flexibility index (Phi) is 9.87. The molecule has 1 amide bonds. The standard InChI is InChI=1S/C38H28N4O13S3/c1-42-28-15-14-25(40-26-17-27(30(58(53,54)55)18-29(26)57(50,51)52)41-31(43)19-39-21-9-3-2-4-10-21)33-34(28)32(23-12-5-6-13-24(23)37(33)45)35(38(42)46)36(44)20-8-7-11-22(16-20)56(47,48)49/h2-18,39-40H,19H2,1H3,(H,41,43)(H,47,48,49)(H,50,51,52)(H,53,54,55). The van der Waals surface area contributed by atoms with Gasteiger partial charge in [0.05, 0.1) is 45.1 Å². The van der Waals surface area contributed by atoms with E-state index < -0.39 is 91.6 Å². The van der Waals surface area contributed by atoms with Crippen LogP contribution in [0, 0.1) is 0 Å². The number of rotatable bonds is 11. The molecular formula is C38H28N4O13S3. The van der Waals surface area contributed by atoms with Gasteiger partial charge in [-0.25, -0.2) is 0 Å². The molecule has 1 heterocycles. The first-order chi connectivity index (χ1) is 27.3. The highest BCUT2D eigenvalue weighted by Crippen LogP contribution is 2.45. The van der Waals surface area contributed by atoms with Gasteiger partial charge in [0, 0.05) is 34.8 Å². The Morgan fingerprint density at radius 3 is 1.95 bits per heavy atom. The average molecular weight is 845 g/mol. The molecule has 0 saturated heterocycles. The molecular weight excluding hydrogens is 817 g/mol. The van der Waals surface area contributed by atoms with Crippen molar-refractivity contribution in [3.05, 3.63) is 136 Å². The Morgan fingerprint density at radius 1 is 0.655 bits per heavy atom. The summed E-state index contributed by atoms with van der Waals surface area (Å²) >= 11 is 0. The highest BCUT2D eigenvalue weighted by Gasteiger charge is 2.35. The summed E-state index contributed by atoms with van der Waals surface area (Å²) in [4.78, 5) is 52.9. The molecule has 0 bridgehead atoms. The third-order valence-electron chi connectivity index (χ3n) is 9.26. The van der Waals surface area contributed by atoms with Gasteiger partial charge in [0.1, 0.15) is 9.79 Å². The maximum absolute atomic E-state index is 14.4. The van der Waals surface area contributed by atoms with Crippen LogP contribution < -0.4 is 21.5 Å². The van der Waals surface area contributed by atoms with Crippen molar-refractivity contribution in [1.82, 2.24) is 4.57 Å². The number of carbonyl (C=O) groups excluding carboxylic acids is 3. The van der Waals surface area contributed by atoms with Crippen molar-refractivity contribution < 1.29 is 53.3 Å². The molecule has 0 aliphatic heterocycles. The van der Waals surface area contributed by atoms with Crippen LogP contribution in [0.1, 0.15) is 31.8 Å². The topological polar surface area (TPSA) is 272 Å². The molecule has 0 saturated carbocycles. The molecule has 58 heavy (non-hydrogen) atoms. The van der Waals surface area contributed by atoms with Crippen LogP contribution in [0.3, 0.4) is 0 Å². The molecule has 0 spiro atoms. The summed E-state index contributed by atoms with van der Waals surface area (Å²) < 4.78 is 105. The first-order valence-corrected chi connectivity index (χ1v) is 21.0. The van der Waals surface area contributed by atoms with E-state index in [-0.39, 0.29) is 44.4 Å². The number of aromatic nitrogens is 1. The molecule has 20 heteroatoms. The number of nitrogens with one attached hydrogen (secondary N) is 3. The summed E-state index contributed by atoms with van der Waals surface area (Å²) in [6.07, 6.45) is 0. The highest BCUT2D eigenvalue weighted by molar-refractivity contribution is 7.87. The summed E-state index contributed by atoms with van der Waals surface area (Å²) in [7, 11) is -14.0. The second-order valence-corrected chi connectivity index (χ2v) is 17.1. The summed E-state index contributed by atoms with van der Waals surface area (Å²) in [5, 5.41) is 7.87. The van der Waals surface area contributed by atoms with Gasteiger partial charge in [-0.3, -0.25) is 32.8 Å². The molecule has 5 aromatic carbocycles. The zero-order chi connectivity index (χ0) is 41.9. The molecule has 6 aromatic rings. The number of hydrogen-bond acceptors (Lipinski definition) is 12. The minimum Gasteiger partial charge on any atom is -0.376 e. The molecule has 1 aromatic heterocycles. The number of carbonyl (C=O) groups is 3. The Hall–Kier alpha value is -6.55. The molecule has 1 aliphatic carbocycles. The third-order valence-corrected chi connectivity index (χ3v) is 11.9. The molecule has 0 radical (unpaired) electrons. The Morgan fingerprint density at radius 2 is 1.29 bits per heavy atom. The van der Waals surface area contributed by atoms with Crippen LogP contribution in [-0.4, -0.2) is 67.5 Å². The minimum absolute atomic E-state index is 0.00451. The molecule has 17 nitrogen and oxygen atoms in total. The largest absolute Gasteiger partial charge is 0.376 e. The maximum atomic E-state index is 14.4. The maximum Gasteiger partial charge on any atom is 0.296 e. The number of amides is 1. The van der Waals surface area contributed by atoms with Crippen LogP contribution in [0.4, 0.5) is 22.7 Å². The van der Waals surface area contributed by atoms with E-state index in [4.69, 9.17) is 0 Å². The Bertz CT molecular complexity index is 3180. The van der Waals surface area contributed by atoms with E-state index in [1.807, 2.05) is 0 Å². The highest BCUT2D eigenvalue weighted by atomic mass is 32.2. The number of benzene rings is 5. The van der Waals surface area contributed by atoms with Crippen molar-refractivity contribution in [2.75, 3.05) is 22.5 Å². The molecule has 0 unspecified atom stereocenters. The number of hydrogen-bond donors (Lipinski definition) is 6. The fourth-order valence-corrected chi connectivity index (χ4v) is 8.60. The molecule has 7 rings (SSSR count). The van der Waals surface area contributed by atoms with Gasteiger partial charge in [0.15, 0.2) is 11.6 Å². The van der Waals surface area contributed by atoms with E-state index in [0.29, 0.717) is 11.8 Å². The van der Waals surface area contributed by atoms with Crippen LogP contribution in [0.5, 0.6) is 0 Å². The second kappa shape index (κ2) is 14.4. The van der Waals surface area contributed by atoms with Crippen molar-refractivity contribution in [3.8, 4) is 11.1 Å². The van der Waals surface area contributed by atoms with Gasteiger partial charge < -0.3 is 20.5 Å². The first kappa shape index (κ1) is 39.7. The van der Waals surface area contributed by atoms with E-state index in [1.54, 1.807) is 36.4 Å². The quantitative estimate of drug-likeness (QED) is 0.0772. The van der Waals surface area contributed by atoms with Gasteiger partial charge in [0.25, 0.3) is 35.9 Å². The lowest BCUT2D eigenvalue weighted by molar-refractivity contribution is -0.114. The van der Waals surface area contributed by atoms with Gasteiger partial charge in [0.2, 0.25) is 5.91 Å². The van der Waals surface area contributed by atoms with Gasteiger partial charge >= 0.3 is 0 Å². The zero-order valence-electron chi connectivity index (χ0n) is 29.6. The van der Waals surface area contributed by atoms with Crippen LogP contribution in [0.25, 0.3) is 22.0 Å². The predicted octanol–water partition coefficient (Wildman–Crippen LogP) is 4.52. The van der Waals surface area contributed by atoms with E-state index in [1.165, 1.54) is 49.5 Å². The van der Waals surface area contributed by atoms with Crippen molar-refractivity contribution in [2.45, 2.75) is 14.7 Å². The van der Waals surface area contributed by atoms with Crippen LogP contribution in [0.2, 0.25) is 0 Å². The number of para-hydroxylation sites is 1. The lowest BCUT2D eigenvalue weighted by Gasteiger charge is -2.26. The van der Waals surface area contributed by atoms with E-state index >= 15 is 0 Å². The Balaban J connectivity index is 1.44. The van der Waals surface area contributed by atoms with Crippen LogP contribution >= 0.6 is 0 Å². The molecule has 0 atom stereocenters. The van der Waals surface area contributed by atoms with Crippen molar-refractivity contribution in [3.63, 3.8) is 0 Å². The van der Waals surface area contributed by atoms with Crippen molar-refractivity contribution in [1.29, 1.82) is 0 Å². The minimum atomic E-state index is -5.32. The fraction of sp³-hybridized carbons (Fsp3) is 0.0526. The fourth-order valence-electron chi connectivity index (χ4n) is 6.69. The summed E-state index contributed by atoms with van der Waals surface area (Å²) in [5.74, 6) is -2.48. The van der Waals surface area contributed by atoms with Gasteiger partial charge in [-0.2, -0.15) is 25.3 Å². The van der Waals surface area contributed by atoms with Gasteiger partial charge in [-0.15, -0.1) is 0 Å². The number of anilines is 4. The number of pyridine rings is 1. The zero-order valence-corrected chi connectivity index (χ0v) is 32.1. The summed E-state index contributed by atoms with van der Waals surface area (Å²) in [5.41, 5.74) is -2.42. The van der Waals surface area contributed by atoms with Crippen LogP contribution in [-0.2, 0) is 42.2 Å². The van der Waals surface area contributed by atoms with E-state index in [0.717, 1.165) is 22.8 Å². The lowest BCUT2D eigenvalue weighted by atomic mass is 9.80. The predicted molar refractivity (Wildman–Crippen MR) is 211 cm³/mol. The SMILES string of the molecule is Cn1c(=O)c(C(=O)c2cccc(S(=O)(=O)O)c2)c2c3c(c(Nc4cc(NC(=O)CNc5ccccc5)c(S(=O)(=O)O)cc4S(=O)(=O)O)ccc31)C(=O)c1ccccc1-2. The van der Waals surface area contributed by atoms with Gasteiger partial charge in [-0.1, -0.05) is 54.6 Å². The van der Waals surface area contributed by atoms with E-state index in [9.17, 15) is 58.1 Å². The normalized spacial score (nSPS) is 12.5. The monoisotopic (exact) mass is 844 g/mol. The number of aryl methyl sites for hydroxylation is 1. The smallest absolute Gasteiger partial charge is 0.296 e. The third kappa shape index (κ3) is 7.26. The molecule has 296 valence electrons. The number of fused-ring (bicyclic) bond motifs is 2. The first-order valence-electron chi connectivity index (χ1n) is 16.7. The molecule has 6 N–H and O–H groups in total. The molecule has 0 fully saturated rings. The number of ketones is 2.